The number of carbonyl (C=O) groups excluding carboxylic acids is 1. The number of para-hydroxylation sites is 2. The van der Waals surface area contributed by atoms with Crippen LogP contribution in [-0.4, -0.2) is 47.0 Å². The molecule has 2 heterocycles. The summed E-state index contributed by atoms with van der Waals surface area (Å²) in [5.41, 5.74) is 3.39. The molecule has 1 saturated heterocycles. The number of hydrogen-bond acceptors (Lipinski definition) is 5. The number of benzene rings is 2. The highest BCUT2D eigenvalue weighted by Gasteiger charge is 2.28. The first-order chi connectivity index (χ1) is 13.1. The summed E-state index contributed by atoms with van der Waals surface area (Å²) in [5, 5.41) is 3.41. The molecule has 0 aliphatic carbocycles. The maximum absolute atomic E-state index is 12.9. The number of fused-ring (bicyclic) bond motifs is 1. The van der Waals surface area contributed by atoms with E-state index >= 15 is 0 Å². The van der Waals surface area contributed by atoms with Crippen LogP contribution in [0.1, 0.15) is 22.3 Å². The quantitative estimate of drug-likeness (QED) is 0.771. The van der Waals surface area contributed by atoms with Crippen LogP contribution in [0, 0.1) is 6.92 Å². The molecule has 1 atom stereocenters. The van der Waals surface area contributed by atoms with E-state index in [1.807, 2.05) is 54.3 Å². The molecule has 3 aromatic rings. The predicted molar refractivity (Wildman–Crippen MR) is 105 cm³/mol. The molecule has 27 heavy (non-hydrogen) atoms. The Labute approximate surface area is 158 Å². The number of nitrogens with zero attached hydrogens (tertiary/aromatic N) is 3. The second-order valence-corrected chi connectivity index (χ2v) is 6.83. The van der Waals surface area contributed by atoms with Crippen LogP contribution in [-0.2, 0) is 0 Å². The minimum atomic E-state index is 0.00412. The lowest BCUT2D eigenvalue weighted by molar-refractivity contribution is 0.0788. The van der Waals surface area contributed by atoms with Gasteiger partial charge in [0.15, 0.2) is 0 Å². The molecule has 1 amide bonds. The van der Waals surface area contributed by atoms with E-state index < -0.39 is 0 Å². The number of rotatable bonds is 4. The molecule has 6 heteroatoms. The third-order valence-electron chi connectivity index (χ3n) is 4.86. The van der Waals surface area contributed by atoms with E-state index in [-0.39, 0.29) is 11.9 Å². The van der Waals surface area contributed by atoms with E-state index in [0.29, 0.717) is 24.4 Å². The van der Waals surface area contributed by atoms with Crippen LogP contribution >= 0.6 is 0 Å². The van der Waals surface area contributed by atoms with Crippen LogP contribution in [0.5, 0.6) is 5.75 Å². The molecule has 1 aromatic heterocycles. The molecule has 1 fully saturated rings. The Bertz CT molecular complexity index is 989. The molecule has 0 saturated carbocycles. The maximum Gasteiger partial charge on any atom is 0.257 e. The van der Waals surface area contributed by atoms with Gasteiger partial charge in [-0.1, -0.05) is 23.8 Å². The second kappa shape index (κ2) is 7.23. The summed E-state index contributed by atoms with van der Waals surface area (Å²) >= 11 is 0. The Morgan fingerprint density at radius 2 is 2.04 bits per heavy atom. The van der Waals surface area contributed by atoms with Crippen molar-refractivity contribution in [1.82, 2.24) is 14.9 Å². The van der Waals surface area contributed by atoms with Gasteiger partial charge in [-0.15, -0.1) is 0 Å². The molecular weight excluding hydrogens is 340 g/mol. The van der Waals surface area contributed by atoms with Gasteiger partial charge in [0, 0.05) is 19.1 Å². The van der Waals surface area contributed by atoms with Gasteiger partial charge in [-0.3, -0.25) is 9.78 Å². The summed E-state index contributed by atoms with van der Waals surface area (Å²) < 4.78 is 5.36. The van der Waals surface area contributed by atoms with Gasteiger partial charge >= 0.3 is 0 Å². The molecule has 138 valence electrons. The summed E-state index contributed by atoms with van der Waals surface area (Å²) in [4.78, 5) is 23.9. The van der Waals surface area contributed by atoms with Gasteiger partial charge in [0.25, 0.3) is 5.91 Å². The van der Waals surface area contributed by atoms with Gasteiger partial charge < -0.3 is 15.0 Å². The van der Waals surface area contributed by atoms with Crippen molar-refractivity contribution in [2.45, 2.75) is 19.4 Å². The molecule has 6 nitrogen and oxygen atoms in total. The average Bonchev–Trinajstić information content (AvgIpc) is 3.15. The Morgan fingerprint density at radius 3 is 2.85 bits per heavy atom. The van der Waals surface area contributed by atoms with Crippen molar-refractivity contribution in [3.05, 3.63) is 59.8 Å². The minimum absolute atomic E-state index is 0.00412. The molecule has 1 aliphatic heterocycles. The second-order valence-electron chi connectivity index (χ2n) is 6.83. The van der Waals surface area contributed by atoms with Crippen molar-refractivity contribution >= 4 is 22.8 Å². The van der Waals surface area contributed by atoms with Crippen LogP contribution in [0.25, 0.3) is 11.0 Å². The lowest BCUT2D eigenvalue weighted by Crippen LogP contribution is -2.32. The van der Waals surface area contributed by atoms with E-state index in [2.05, 4.69) is 15.3 Å². The van der Waals surface area contributed by atoms with Crippen molar-refractivity contribution in [3.63, 3.8) is 0 Å². The van der Waals surface area contributed by atoms with E-state index in [4.69, 9.17) is 4.74 Å². The van der Waals surface area contributed by atoms with Crippen LogP contribution in [0.3, 0.4) is 0 Å². The third-order valence-corrected chi connectivity index (χ3v) is 4.86. The van der Waals surface area contributed by atoms with Gasteiger partial charge in [0.2, 0.25) is 0 Å². The maximum atomic E-state index is 12.9. The first-order valence-corrected chi connectivity index (χ1v) is 9.06. The number of amides is 1. The third kappa shape index (κ3) is 3.56. The molecule has 0 bridgehead atoms. The molecule has 1 aliphatic rings. The van der Waals surface area contributed by atoms with Crippen molar-refractivity contribution in [1.29, 1.82) is 0 Å². The minimum Gasteiger partial charge on any atom is -0.496 e. The number of likely N-dealkylation sites (tertiary alicyclic amines) is 1. The molecule has 1 N–H and O–H groups in total. The monoisotopic (exact) mass is 362 g/mol. The molecule has 0 spiro atoms. The highest BCUT2D eigenvalue weighted by atomic mass is 16.5. The zero-order valence-electron chi connectivity index (χ0n) is 15.5. The first kappa shape index (κ1) is 17.3. The Kier molecular flexibility index (Phi) is 4.62. The highest BCUT2D eigenvalue weighted by molar-refractivity contribution is 5.97. The number of aromatic nitrogens is 2. The standard InChI is InChI=1S/C21H22N4O2/c1-14-7-8-19(27-2)16(11-14)21(26)25-10-9-15(13-25)23-20-12-22-17-5-3-4-6-18(17)24-20/h3-8,11-12,15H,9-10,13H2,1-2H3,(H,23,24)/t15-/m1/s1. The van der Waals surface area contributed by atoms with Crippen LogP contribution in [0.15, 0.2) is 48.7 Å². The average molecular weight is 362 g/mol. The largest absolute Gasteiger partial charge is 0.496 e. The Hall–Kier alpha value is -3.15. The zero-order chi connectivity index (χ0) is 18.8. The summed E-state index contributed by atoms with van der Waals surface area (Å²) in [5.74, 6) is 1.35. The van der Waals surface area contributed by atoms with Gasteiger partial charge in [0.05, 0.1) is 29.9 Å². The summed E-state index contributed by atoms with van der Waals surface area (Å²) in [6, 6.07) is 13.6. The van der Waals surface area contributed by atoms with Gasteiger partial charge in [-0.2, -0.15) is 0 Å². The fourth-order valence-corrected chi connectivity index (χ4v) is 3.46. The van der Waals surface area contributed by atoms with Crippen molar-refractivity contribution < 1.29 is 9.53 Å². The van der Waals surface area contributed by atoms with E-state index in [1.165, 1.54) is 0 Å². The number of methoxy groups -OCH3 is 1. The van der Waals surface area contributed by atoms with Crippen molar-refractivity contribution in [2.24, 2.45) is 0 Å². The SMILES string of the molecule is COc1ccc(C)cc1C(=O)N1CC[C@@H](Nc2cnc3ccccc3n2)C1. The molecule has 0 radical (unpaired) electrons. The lowest BCUT2D eigenvalue weighted by atomic mass is 10.1. The highest BCUT2D eigenvalue weighted by Crippen LogP contribution is 2.24. The van der Waals surface area contributed by atoms with E-state index in [0.717, 1.165) is 28.8 Å². The van der Waals surface area contributed by atoms with Crippen LogP contribution < -0.4 is 10.1 Å². The Balaban J connectivity index is 1.46. The van der Waals surface area contributed by atoms with Crippen molar-refractivity contribution in [2.75, 3.05) is 25.5 Å². The van der Waals surface area contributed by atoms with Gasteiger partial charge in [-0.05, 0) is 37.6 Å². The molecule has 2 aromatic carbocycles. The number of nitrogens with one attached hydrogen (secondary N) is 1. The normalized spacial score (nSPS) is 16.5. The number of anilines is 1. The predicted octanol–water partition coefficient (Wildman–Crippen LogP) is 3.27. The van der Waals surface area contributed by atoms with Crippen molar-refractivity contribution in [3.8, 4) is 5.75 Å². The Morgan fingerprint density at radius 1 is 1.22 bits per heavy atom. The fraction of sp³-hybridized carbons (Fsp3) is 0.286. The first-order valence-electron chi connectivity index (χ1n) is 9.06. The molecular formula is C21H22N4O2. The molecule has 0 unspecified atom stereocenters. The van der Waals surface area contributed by atoms with E-state index in [1.54, 1.807) is 13.3 Å². The number of hydrogen-bond donors (Lipinski definition) is 1. The summed E-state index contributed by atoms with van der Waals surface area (Å²) in [7, 11) is 1.59. The number of aryl methyl sites for hydroxylation is 1. The number of carbonyl (C=O) groups is 1. The van der Waals surface area contributed by atoms with E-state index in [9.17, 15) is 4.79 Å². The lowest BCUT2D eigenvalue weighted by Gasteiger charge is -2.19. The molecule has 4 rings (SSSR count). The van der Waals surface area contributed by atoms with Crippen LogP contribution in [0.4, 0.5) is 5.82 Å². The fourth-order valence-electron chi connectivity index (χ4n) is 3.46. The van der Waals surface area contributed by atoms with Crippen LogP contribution in [0.2, 0.25) is 0 Å². The zero-order valence-corrected chi connectivity index (χ0v) is 15.5. The summed E-state index contributed by atoms with van der Waals surface area (Å²) in [6.45, 7) is 3.31. The van der Waals surface area contributed by atoms with Gasteiger partial charge in [0.1, 0.15) is 11.6 Å². The van der Waals surface area contributed by atoms with Gasteiger partial charge in [-0.25, -0.2) is 4.98 Å². The summed E-state index contributed by atoms with van der Waals surface area (Å²) in [6.07, 6.45) is 2.62. The smallest absolute Gasteiger partial charge is 0.257 e. The number of ether oxygens (including phenoxy) is 1. The topological polar surface area (TPSA) is 67.3 Å².